The zero-order valence-corrected chi connectivity index (χ0v) is 13.7. The van der Waals surface area contributed by atoms with Crippen LogP contribution in [0.4, 0.5) is 0 Å². The summed E-state index contributed by atoms with van der Waals surface area (Å²) in [6.45, 7) is 5.76. The predicted molar refractivity (Wildman–Crippen MR) is 82.8 cm³/mol. The lowest BCUT2D eigenvalue weighted by Crippen LogP contribution is -2.29. The molecule has 110 valence electrons. The van der Waals surface area contributed by atoms with Crippen molar-refractivity contribution in [2.75, 3.05) is 13.6 Å². The molecule has 1 unspecified atom stereocenters. The summed E-state index contributed by atoms with van der Waals surface area (Å²) in [6, 6.07) is 6.28. The van der Waals surface area contributed by atoms with E-state index in [1.54, 1.807) is 4.90 Å². The molecule has 1 fully saturated rings. The summed E-state index contributed by atoms with van der Waals surface area (Å²) < 4.78 is 6.87. The molecule has 20 heavy (non-hydrogen) atoms. The second kappa shape index (κ2) is 6.59. The van der Waals surface area contributed by atoms with E-state index in [1.165, 1.54) is 0 Å². The molecular formula is C15H21BrN2O2. The van der Waals surface area contributed by atoms with E-state index in [-0.39, 0.29) is 12.0 Å². The number of ether oxygens (including phenoxy) is 1. The van der Waals surface area contributed by atoms with Gasteiger partial charge in [0.25, 0.3) is 5.91 Å². The molecule has 0 bridgehead atoms. The highest BCUT2D eigenvalue weighted by Gasteiger charge is 2.30. The number of amides is 1. The zero-order chi connectivity index (χ0) is 14.7. The first-order valence-electron chi connectivity index (χ1n) is 6.91. The van der Waals surface area contributed by atoms with Gasteiger partial charge in [0, 0.05) is 37.1 Å². The Balaban J connectivity index is 2.05. The molecule has 1 aromatic carbocycles. The Morgan fingerprint density at radius 3 is 2.85 bits per heavy atom. The van der Waals surface area contributed by atoms with Crippen molar-refractivity contribution >= 4 is 21.8 Å². The van der Waals surface area contributed by atoms with Crippen LogP contribution in [0.2, 0.25) is 0 Å². The van der Waals surface area contributed by atoms with E-state index in [9.17, 15) is 4.79 Å². The van der Waals surface area contributed by atoms with Crippen molar-refractivity contribution in [1.82, 2.24) is 10.2 Å². The number of benzene rings is 1. The van der Waals surface area contributed by atoms with Crippen molar-refractivity contribution in [3.05, 3.63) is 28.2 Å². The Bertz CT molecular complexity index is 491. The molecule has 5 heteroatoms. The van der Waals surface area contributed by atoms with Gasteiger partial charge in [-0.3, -0.25) is 4.79 Å². The molecule has 0 saturated carbocycles. The fourth-order valence-corrected chi connectivity index (χ4v) is 2.52. The predicted octanol–water partition coefficient (Wildman–Crippen LogP) is 2.56. The minimum Gasteiger partial charge on any atom is -0.481 e. The van der Waals surface area contributed by atoms with E-state index < -0.39 is 0 Å². The minimum absolute atomic E-state index is 0.0646. The molecule has 0 radical (unpaired) electrons. The summed E-state index contributed by atoms with van der Waals surface area (Å²) in [5, 5.41) is 3.38. The van der Waals surface area contributed by atoms with Gasteiger partial charge in [-0.05, 0) is 23.8 Å². The number of likely N-dealkylation sites (tertiary alicyclic amines) is 1. The highest BCUT2D eigenvalue weighted by Crippen LogP contribution is 2.25. The molecule has 4 nitrogen and oxygen atoms in total. The Kier molecular flexibility index (Phi) is 5.05. The molecule has 1 saturated heterocycles. The highest BCUT2D eigenvalue weighted by atomic mass is 79.9. The monoisotopic (exact) mass is 340 g/mol. The molecule has 2 rings (SSSR count). The van der Waals surface area contributed by atoms with Crippen LogP contribution in [0.15, 0.2) is 22.7 Å². The van der Waals surface area contributed by atoms with Gasteiger partial charge in [-0.2, -0.15) is 0 Å². The van der Waals surface area contributed by atoms with Gasteiger partial charge >= 0.3 is 0 Å². The van der Waals surface area contributed by atoms with Crippen LogP contribution in [-0.2, 0) is 11.3 Å². The normalized spacial score (nSPS) is 18.9. The minimum atomic E-state index is -0.341. The first kappa shape index (κ1) is 15.3. The largest absolute Gasteiger partial charge is 0.481 e. The fraction of sp³-hybridized carbons (Fsp3) is 0.533. The first-order valence-corrected chi connectivity index (χ1v) is 7.70. The van der Waals surface area contributed by atoms with Gasteiger partial charge in [0.1, 0.15) is 5.75 Å². The number of rotatable bonds is 5. The maximum atomic E-state index is 11.9. The molecule has 1 aliphatic heterocycles. The van der Waals surface area contributed by atoms with Gasteiger partial charge in [-0.1, -0.05) is 29.8 Å². The van der Waals surface area contributed by atoms with Crippen LogP contribution < -0.4 is 10.1 Å². The Morgan fingerprint density at radius 2 is 2.25 bits per heavy atom. The van der Waals surface area contributed by atoms with Crippen LogP contribution in [0.5, 0.6) is 5.75 Å². The first-order chi connectivity index (χ1) is 9.47. The van der Waals surface area contributed by atoms with Crippen LogP contribution in [0, 0.1) is 0 Å². The second-order valence-electron chi connectivity index (χ2n) is 5.44. The van der Waals surface area contributed by atoms with Gasteiger partial charge in [-0.25, -0.2) is 0 Å². The summed E-state index contributed by atoms with van der Waals surface area (Å²) in [5.74, 6) is 0.817. The molecule has 1 N–H and O–H groups in total. The van der Waals surface area contributed by atoms with E-state index in [0.29, 0.717) is 6.04 Å². The number of halogens is 1. The molecule has 1 heterocycles. The lowest BCUT2D eigenvalue weighted by molar-refractivity contribution is -0.132. The number of hydrogen-bond acceptors (Lipinski definition) is 3. The van der Waals surface area contributed by atoms with E-state index in [2.05, 4.69) is 35.1 Å². The summed E-state index contributed by atoms with van der Waals surface area (Å²) in [7, 11) is 1.81. The van der Waals surface area contributed by atoms with Crippen molar-refractivity contribution in [3.63, 3.8) is 0 Å². The summed E-state index contributed by atoms with van der Waals surface area (Å²) in [4.78, 5) is 13.6. The van der Waals surface area contributed by atoms with Crippen molar-refractivity contribution in [1.29, 1.82) is 0 Å². The molecule has 1 aliphatic rings. The third-order valence-electron chi connectivity index (χ3n) is 3.37. The average Bonchev–Trinajstić information content (AvgIpc) is 2.71. The lowest BCUT2D eigenvalue weighted by Gasteiger charge is -2.15. The maximum Gasteiger partial charge on any atom is 0.263 e. The molecule has 0 spiro atoms. The number of likely N-dealkylation sites (N-methyl/N-ethyl adjacent to an activating group) is 1. The summed E-state index contributed by atoms with van der Waals surface area (Å²) in [5.41, 5.74) is 1.13. The Morgan fingerprint density at radius 1 is 1.50 bits per heavy atom. The third-order valence-corrected chi connectivity index (χ3v) is 4.15. The number of nitrogens with one attached hydrogen (secondary N) is 1. The number of carbonyl (C=O) groups excluding carboxylic acids is 1. The molecule has 0 aromatic heterocycles. The molecule has 1 atom stereocenters. The zero-order valence-electron chi connectivity index (χ0n) is 12.1. The van der Waals surface area contributed by atoms with Crippen LogP contribution in [0.3, 0.4) is 0 Å². The number of hydrogen-bond donors (Lipinski definition) is 1. The molecular weight excluding hydrogens is 320 g/mol. The third kappa shape index (κ3) is 3.73. The van der Waals surface area contributed by atoms with E-state index in [1.807, 2.05) is 25.2 Å². The summed E-state index contributed by atoms with van der Waals surface area (Å²) in [6.07, 6.45) is 0.414. The SMILES string of the molecule is CC(C)NCc1cc(OC2CCN(C)C2=O)ccc1Br. The van der Waals surface area contributed by atoms with Crippen molar-refractivity contribution in [3.8, 4) is 5.75 Å². The number of nitrogens with zero attached hydrogens (tertiary/aromatic N) is 1. The Labute approximate surface area is 128 Å². The molecule has 1 aromatic rings. The lowest BCUT2D eigenvalue weighted by atomic mass is 10.2. The van der Waals surface area contributed by atoms with Crippen molar-refractivity contribution < 1.29 is 9.53 Å². The van der Waals surface area contributed by atoms with Crippen LogP contribution in [0.1, 0.15) is 25.8 Å². The smallest absolute Gasteiger partial charge is 0.263 e. The Hall–Kier alpha value is -1.07. The summed E-state index contributed by atoms with van der Waals surface area (Å²) >= 11 is 3.54. The van der Waals surface area contributed by atoms with Crippen molar-refractivity contribution in [2.24, 2.45) is 0 Å². The quantitative estimate of drug-likeness (QED) is 0.895. The van der Waals surface area contributed by atoms with E-state index in [0.717, 1.165) is 35.3 Å². The van der Waals surface area contributed by atoms with Gasteiger partial charge in [-0.15, -0.1) is 0 Å². The van der Waals surface area contributed by atoms with Crippen molar-refractivity contribution in [2.45, 2.75) is 39.0 Å². The maximum absolute atomic E-state index is 11.9. The van der Waals surface area contributed by atoms with E-state index >= 15 is 0 Å². The number of carbonyl (C=O) groups is 1. The van der Waals surface area contributed by atoms with Crippen LogP contribution >= 0.6 is 15.9 Å². The van der Waals surface area contributed by atoms with Gasteiger partial charge in [0.2, 0.25) is 0 Å². The van der Waals surface area contributed by atoms with E-state index in [4.69, 9.17) is 4.74 Å². The van der Waals surface area contributed by atoms with Crippen LogP contribution in [0.25, 0.3) is 0 Å². The van der Waals surface area contributed by atoms with Crippen LogP contribution in [-0.4, -0.2) is 36.5 Å². The molecule has 1 amide bonds. The standard InChI is InChI=1S/C15H21BrN2O2/c1-10(2)17-9-11-8-12(4-5-13(11)16)20-14-6-7-18(3)15(14)19/h4-5,8,10,14,17H,6-7,9H2,1-3H3. The van der Waals surface area contributed by atoms with Gasteiger partial charge in [0.15, 0.2) is 6.10 Å². The van der Waals surface area contributed by atoms with Gasteiger partial charge in [0.05, 0.1) is 0 Å². The van der Waals surface area contributed by atoms with Gasteiger partial charge < -0.3 is 15.0 Å². The fourth-order valence-electron chi connectivity index (χ4n) is 2.14. The average molecular weight is 341 g/mol. The topological polar surface area (TPSA) is 41.6 Å². The second-order valence-corrected chi connectivity index (χ2v) is 6.30. The molecule has 0 aliphatic carbocycles. The highest BCUT2D eigenvalue weighted by molar-refractivity contribution is 9.10.